The van der Waals surface area contributed by atoms with Crippen LogP contribution in [-0.4, -0.2) is 17.1 Å². The number of thiophene rings is 1. The Kier molecular flexibility index (Phi) is 3.27. The largest absolute Gasteiger partial charge is 0.355 e. The van der Waals surface area contributed by atoms with Gasteiger partial charge in [0.2, 0.25) is 0 Å². The van der Waals surface area contributed by atoms with Gasteiger partial charge >= 0.3 is 0 Å². The molecule has 5 heteroatoms. The van der Waals surface area contributed by atoms with Crippen molar-refractivity contribution in [2.75, 3.05) is 0 Å². The summed E-state index contributed by atoms with van der Waals surface area (Å²) >= 11 is 1.56. The van der Waals surface area contributed by atoms with Crippen molar-refractivity contribution in [3.8, 4) is 10.6 Å². The normalized spacial score (nSPS) is 14.0. The van der Waals surface area contributed by atoms with Gasteiger partial charge in [0.05, 0.1) is 4.88 Å². The molecule has 110 valence electrons. The van der Waals surface area contributed by atoms with E-state index in [0.717, 1.165) is 17.7 Å². The number of carbonyl (C=O) groups is 1. The maximum Gasteiger partial charge on any atom is 0.273 e. The molecule has 3 aromatic rings. The SMILES string of the molecule is O=C(NC1Cc2ccccc2C1)c1cc(-c2cccs2)on1. The van der Waals surface area contributed by atoms with Crippen LogP contribution in [0.2, 0.25) is 0 Å². The minimum atomic E-state index is -0.177. The van der Waals surface area contributed by atoms with Crippen LogP contribution in [0.1, 0.15) is 21.6 Å². The van der Waals surface area contributed by atoms with Gasteiger partial charge in [-0.15, -0.1) is 11.3 Å². The molecule has 0 saturated carbocycles. The molecule has 0 aliphatic heterocycles. The quantitative estimate of drug-likeness (QED) is 0.807. The predicted molar refractivity (Wildman–Crippen MR) is 84.9 cm³/mol. The Morgan fingerprint density at radius 2 is 1.95 bits per heavy atom. The van der Waals surface area contributed by atoms with Crippen LogP contribution >= 0.6 is 11.3 Å². The average molecular weight is 310 g/mol. The van der Waals surface area contributed by atoms with Crippen molar-refractivity contribution >= 4 is 17.2 Å². The maximum atomic E-state index is 12.3. The van der Waals surface area contributed by atoms with Gasteiger partial charge in [0.15, 0.2) is 11.5 Å². The first-order valence-corrected chi connectivity index (χ1v) is 8.06. The van der Waals surface area contributed by atoms with Gasteiger partial charge in [-0.1, -0.05) is 35.5 Å². The topological polar surface area (TPSA) is 55.1 Å². The summed E-state index contributed by atoms with van der Waals surface area (Å²) in [6, 6.07) is 14.0. The van der Waals surface area contributed by atoms with Gasteiger partial charge in [0.25, 0.3) is 5.91 Å². The minimum absolute atomic E-state index is 0.131. The molecule has 0 spiro atoms. The van der Waals surface area contributed by atoms with Crippen molar-refractivity contribution in [1.82, 2.24) is 10.5 Å². The molecule has 0 unspecified atom stereocenters. The Morgan fingerprint density at radius 3 is 2.64 bits per heavy atom. The number of fused-ring (bicyclic) bond motifs is 1. The lowest BCUT2D eigenvalue weighted by Gasteiger charge is -2.09. The molecule has 0 atom stereocenters. The van der Waals surface area contributed by atoms with E-state index in [1.54, 1.807) is 17.4 Å². The van der Waals surface area contributed by atoms with E-state index >= 15 is 0 Å². The van der Waals surface area contributed by atoms with E-state index < -0.39 is 0 Å². The van der Waals surface area contributed by atoms with E-state index in [-0.39, 0.29) is 11.9 Å². The van der Waals surface area contributed by atoms with Gasteiger partial charge in [-0.25, -0.2) is 0 Å². The fourth-order valence-electron chi connectivity index (χ4n) is 2.84. The third-order valence-electron chi connectivity index (χ3n) is 3.89. The third-order valence-corrected chi connectivity index (χ3v) is 4.78. The second-order valence-electron chi connectivity index (χ2n) is 5.40. The first kappa shape index (κ1) is 13.3. The number of nitrogens with zero attached hydrogens (tertiary/aromatic N) is 1. The summed E-state index contributed by atoms with van der Waals surface area (Å²) in [6.45, 7) is 0. The molecule has 4 nitrogen and oxygen atoms in total. The fourth-order valence-corrected chi connectivity index (χ4v) is 3.51. The lowest BCUT2D eigenvalue weighted by Crippen LogP contribution is -2.35. The van der Waals surface area contributed by atoms with Gasteiger partial charge in [-0.05, 0) is 35.4 Å². The average Bonchev–Trinajstić information content (AvgIpc) is 3.26. The van der Waals surface area contributed by atoms with E-state index in [0.29, 0.717) is 11.5 Å². The number of benzene rings is 1. The summed E-state index contributed by atoms with van der Waals surface area (Å²) in [5.41, 5.74) is 2.96. The Balaban J connectivity index is 1.45. The zero-order valence-electron chi connectivity index (χ0n) is 11.8. The summed E-state index contributed by atoms with van der Waals surface area (Å²) < 4.78 is 5.26. The third kappa shape index (κ3) is 2.44. The molecule has 4 rings (SSSR count). The molecule has 1 N–H and O–H groups in total. The molecule has 0 radical (unpaired) electrons. The van der Waals surface area contributed by atoms with Crippen molar-refractivity contribution in [3.05, 3.63) is 64.7 Å². The summed E-state index contributed by atoms with van der Waals surface area (Å²) in [5, 5.41) is 8.89. The second-order valence-corrected chi connectivity index (χ2v) is 6.35. The van der Waals surface area contributed by atoms with Crippen LogP contribution in [0.5, 0.6) is 0 Å². The number of aromatic nitrogens is 1. The van der Waals surface area contributed by atoms with E-state index in [4.69, 9.17) is 4.52 Å². The van der Waals surface area contributed by atoms with E-state index in [1.165, 1.54) is 11.1 Å². The van der Waals surface area contributed by atoms with Crippen LogP contribution in [0.25, 0.3) is 10.6 Å². The zero-order chi connectivity index (χ0) is 14.9. The molecule has 0 fully saturated rings. The minimum Gasteiger partial charge on any atom is -0.355 e. The van der Waals surface area contributed by atoms with Crippen molar-refractivity contribution in [2.45, 2.75) is 18.9 Å². The molecule has 22 heavy (non-hydrogen) atoms. The molecule has 2 heterocycles. The van der Waals surface area contributed by atoms with Crippen LogP contribution in [0.3, 0.4) is 0 Å². The number of nitrogens with one attached hydrogen (secondary N) is 1. The first-order chi connectivity index (χ1) is 10.8. The zero-order valence-corrected chi connectivity index (χ0v) is 12.6. The molecule has 1 aromatic carbocycles. The highest BCUT2D eigenvalue weighted by molar-refractivity contribution is 7.13. The number of carbonyl (C=O) groups excluding carboxylic acids is 1. The van der Waals surface area contributed by atoms with Gasteiger partial charge in [-0.2, -0.15) is 0 Å². The molecule has 1 aliphatic carbocycles. The lowest BCUT2D eigenvalue weighted by atomic mass is 10.1. The number of rotatable bonds is 3. The van der Waals surface area contributed by atoms with Crippen LogP contribution in [0.15, 0.2) is 52.4 Å². The van der Waals surface area contributed by atoms with Gasteiger partial charge in [0, 0.05) is 12.1 Å². The Labute approximate surface area is 131 Å². The van der Waals surface area contributed by atoms with Crippen LogP contribution in [-0.2, 0) is 12.8 Å². The summed E-state index contributed by atoms with van der Waals surface area (Å²) in [7, 11) is 0. The fraction of sp³-hybridized carbons (Fsp3) is 0.176. The number of amides is 1. The Hall–Kier alpha value is -2.40. The van der Waals surface area contributed by atoms with Crippen molar-refractivity contribution < 1.29 is 9.32 Å². The first-order valence-electron chi connectivity index (χ1n) is 7.18. The molecule has 2 aromatic heterocycles. The molecule has 0 bridgehead atoms. The maximum absolute atomic E-state index is 12.3. The van der Waals surface area contributed by atoms with Gasteiger partial charge in [0.1, 0.15) is 0 Å². The molecule has 1 aliphatic rings. The molecule has 0 saturated heterocycles. The molecular weight excluding hydrogens is 296 g/mol. The highest BCUT2D eigenvalue weighted by atomic mass is 32.1. The molecule has 1 amide bonds. The van der Waals surface area contributed by atoms with Gasteiger partial charge in [-0.3, -0.25) is 4.79 Å². The van der Waals surface area contributed by atoms with Crippen molar-refractivity contribution in [2.24, 2.45) is 0 Å². The lowest BCUT2D eigenvalue weighted by molar-refractivity contribution is 0.0929. The van der Waals surface area contributed by atoms with E-state index in [1.807, 2.05) is 29.6 Å². The van der Waals surface area contributed by atoms with E-state index in [9.17, 15) is 4.79 Å². The van der Waals surface area contributed by atoms with Crippen LogP contribution in [0.4, 0.5) is 0 Å². The van der Waals surface area contributed by atoms with Crippen molar-refractivity contribution in [3.63, 3.8) is 0 Å². The second kappa shape index (κ2) is 5.42. The summed E-state index contributed by atoms with van der Waals surface area (Å²) in [4.78, 5) is 13.3. The Bertz CT molecular complexity index is 783. The standard InChI is InChI=1S/C17H14N2O2S/c20-17(14-10-15(21-19-14)16-6-3-7-22-16)18-13-8-11-4-1-2-5-12(11)9-13/h1-7,10,13H,8-9H2,(H,18,20). The molecular formula is C17H14N2O2S. The van der Waals surface area contributed by atoms with Crippen molar-refractivity contribution in [1.29, 1.82) is 0 Å². The Morgan fingerprint density at radius 1 is 1.18 bits per heavy atom. The monoisotopic (exact) mass is 310 g/mol. The van der Waals surface area contributed by atoms with Crippen LogP contribution in [0, 0.1) is 0 Å². The van der Waals surface area contributed by atoms with Crippen LogP contribution < -0.4 is 5.32 Å². The van der Waals surface area contributed by atoms with E-state index in [2.05, 4.69) is 22.6 Å². The summed E-state index contributed by atoms with van der Waals surface area (Å²) in [6.07, 6.45) is 1.75. The smallest absolute Gasteiger partial charge is 0.273 e. The highest BCUT2D eigenvalue weighted by Crippen LogP contribution is 2.25. The van der Waals surface area contributed by atoms with Gasteiger partial charge < -0.3 is 9.84 Å². The number of hydrogen-bond donors (Lipinski definition) is 1. The highest BCUT2D eigenvalue weighted by Gasteiger charge is 2.24. The predicted octanol–water partition coefficient (Wildman–Crippen LogP) is 3.30. The number of hydrogen-bond acceptors (Lipinski definition) is 4. The summed E-state index contributed by atoms with van der Waals surface area (Å²) in [5.74, 6) is 0.458.